The summed E-state index contributed by atoms with van der Waals surface area (Å²) in [5.41, 5.74) is 10.3. The van der Waals surface area contributed by atoms with Crippen LogP contribution in [-0.2, 0) is 0 Å². The fourth-order valence-electron chi connectivity index (χ4n) is 5.47. The Morgan fingerprint density at radius 3 is 0.875 bits per heavy atom. The van der Waals surface area contributed by atoms with Crippen LogP contribution in [0.2, 0.25) is 0 Å². The molecule has 0 radical (unpaired) electrons. The maximum absolute atomic E-state index is 5.06. The van der Waals surface area contributed by atoms with Gasteiger partial charge in [0.25, 0.3) is 0 Å². The molecule has 7 aromatic heterocycles. The highest BCUT2D eigenvalue weighted by molar-refractivity contribution is 5.80. The minimum Gasteiger partial charge on any atom is -0.265 e. The van der Waals surface area contributed by atoms with Crippen molar-refractivity contribution in [3.63, 3.8) is 0 Å². The van der Waals surface area contributed by atoms with E-state index in [4.69, 9.17) is 15.0 Å². The van der Waals surface area contributed by atoms with Crippen molar-refractivity contribution >= 4 is 0 Å². The van der Waals surface area contributed by atoms with Crippen molar-refractivity contribution in [1.29, 1.82) is 0 Å². The number of hydrogen-bond donors (Lipinski definition) is 0. The van der Waals surface area contributed by atoms with Crippen LogP contribution < -0.4 is 0 Å². The van der Waals surface area contributed by atoms with Gasteiger partial charge >= 0.3 is 0 Å². The van der Waals surface area contributed by atoms with Gasteiger partial charge in [-0.2, -0.15) is 0 Å². The summed E-state index contributed by atoms with van der Waals surface area (Å²) in [5, 5.41) is 0. The lowest BCUT2D eigenvalue weighted by Gasteiger charge is -2.13. The van der Waals surface area contributed by atoms with Gasteiger partial charge in [0.05, 0.1) is 0 Å². The van der Waals surface area contributed by atoms with Crippen LogP contribution >= 0.6 is 0 Å². The van der Waals surface area contributed by atoms with Gasteiger partial charge in [0.2, 0.25) is 0 Å². The average Bonchev–Trinajstić information content (AvgIpc) is 3.19. The van der Waals surface area contributed by atoms with Crippen LogP contribution in [0, 0.1) is 0 Å². The minimum atomic E-state index is 0.493. The molecule has 7 heterocycles. The largest absolute Gasteiger partial charge is 0.265 e. The van der Waals surface area contributed by atoms with Crippen LogP contribution in [0.5, 0.6) is 0 Å². The summed E-state index contributed by atoms with van der Waals surface area (Å²) in [4.78, 5) is 41.0. The second-order valence-corrected chi connectivity index (χ2v) is 11.0. The number of aromatic nitrogens is 9. The SMILES string of the molecule is c1cc(-c2cncc(-c3nc(-c4cncc(-c5ccncc5)c4)nc(-c4cc(-c5ccncc5)cc(-c5ccncc5)c4)n3)c2)ccn1. The van der Waals surface area contributed by atoms with E-state index in [1.165, 1.54) is 0 Å². The molecule has 0 spiro atoms. The summed E-state index contributed by atoms with van der Waals surface area (Å²) in [7, 11) is 0. The Morgan fingerprint density at radius 1 is 0.229 bits per heavy atom. The molecule has 226 valence electrons. The third kappa shape index (κ3) is 6.03. The zero-order chi connectivity index (χ0) is 32.1. The topological polar surface area (TPSA) is 116 Å². The first-order valence-electron chi connectivity index (χ1n) is 15.2. The van der Waals surface area contributed by atoms with Crippen LogP contribution in [0.25, 0.3) is 78.7 Å². The lowest BCUT2D eigenvalue weighted by Crippen LogP contribution is -2.01. The molecule has 0 atom stereocenters. The summed E-state index contributed by atoms with van der Waals surface area (Å²) in [6.45, 7) is 0. The van der Waals surface area contributed by atoms with E-state index in [-0.39, 0.29) is 0 Å². The van der Waals surface area contributed by atoms with Crippen molar-refractivity contribution < 1.29 is 0 Å². The highest BCUT2D eigenvalue weighted by Crippen LogP contribution is 2.34. The molecule has 0 bridgehead atoms. The van der Waals surface area contributed by atoms with E-state index in [0.29, 0.717) is 17.5 Å². The molecule has 0 aliphatic heterocycles. The highest BCUT2D eigenvalue weighted by atomic mass is 15.0. The van der Waals surface area contributed by atoms with Gasteiger partial charge in [0.15, 0.2) is 17.5 Å². The van der Waals surface area contributed by atoms with Crippen LogP contribution in [0.1, 0.15) is 0 Å². The van der Waals surface area contributed by atoms with Crippen LogP contribution in [0.4, 0.5) is 0 Å². The molecule has 0 N–H and O–H groups in total. The molecular weight excluding hydrogens is 594 g/mol. The summed E-state index contributed by atoms with van der Waals surface area (Å²) in [5.74, 6) is 1.50. The number of rotatable bonds is 7. The minimum absolute atomic E-state index is 0.493. The van der Waals surface area contributed by atoms with Gasteiger partial charge < -0.3 is 0 Å². The molecule has 0 aliphatic rings. The molecule has 0 fully saturated rings. The Bertz CT molecular complexity index is 2180. The van der Waals surface area contributed by atoms with Crippen LogP contribution in [0.3, 0.4) is 0 Å². The first kappa shape index (κ1) is 28.6. The van der Waals surface area contributed by atoms with Gasteiger partial charge in [-0.3, -0.25) is 29.9 Å². The van der Waals surface area contributed by atoms with Gasteiger partial charge in [-0.25, -0.2) is 15.0 Å². The Kier molecular flexibility index (Phi) is 7.66. The average molecular weight is 620 g/mol. The van der Waals surface area contributed by atoms with E-state index in [2.05, 4.69) is 48.1 Å². The fraction of sp³-hybridized carbons (Fsp3) is 0. The summed E-state index contributed by atoms with van der Waals surface area (Å²) in [6, 6.07) is 26.2. The first-order chi connectivity index (χ1) is 23.8. The van der Waals surface area contributed by atoms with E-state index in [1.54, 1.807) is 62.0 Å². The molecule has 0 saturated heterocycles. The van der Waals surface area contributed by atoms with Crippen LogP contribution in [0.15, 0.2) is 153 Å². The standard InChI is InChI=1S/C39H25N9/c1-9-40-10-2-26(1)30-17-31(27-3-11-41-12-4-27)19-32(18-30)37-46-38(35-20-33(22-44-24-35)28-5-13-42-14-6-28)48-39(47-37)36-21-34(23-45-25-36)29-7-15-43-16-8-29/h1-25H. The molecule has 0 aliphatic carbocycles. The molecule has 0 saturated carbocycles. The van der Waals surface area contributed by atoms with Crippen molar-refractivity contribution in [2.45, 2.75) is 0 Å². The van der Waals surface area contributed by atoms with Crippen molar-refractivity contribution in [1.82, 2.24) is 44.9 Å². The molecule has 8 aromatic rings. The molecule has 9 nitrogen and oxygen atoms in total. The fourth-order valence-corrected chi connectivity index (χ4v) is 5.47. The number of nitrogens with zero attached hydrogens (tertiary/aromatic N) is 9. The van der Waals surface area contributed by atoms with E-state index >= 15 is 0 Å². The van der Waals surface area contributed by atoms with Gasteiger partial charge in [-0.05, 0) is 112 Å². The third-order valence-electron chi connectivity index (χ3n) is 7.87. The van der Waals surface area contributed by atoms with E-state index < -0.39 is 0 Å². The molecule has 0 unspecified atom stereocenters. The second kappa shape index (κ2) is 12.9. The van der Waals surface area contributed by atoms with Crippen molar-refractivity contribution in [3.8, 4) is 78.7 Å². The lowest BCUT2D eigenvalue weighted by atomic mass is 9.96. The monoisotopic (exact) mass is 619 g/mol. The van der Waals surface area contributed by atoms with Crippen molar-refractivity contribution in [2.24, 2.45) is 0 Å². The molecule has 0 amide bonds. The summed E-state index contributed by atoms with van der Waals surface area (Å²) < 4.78 is 0. The zero-order valence-corrected chi connectivity index (χ0v) is 25.5. The molecule has 8 rings (SSSR count). The molecular formula is C39H25N9. The number of benzene rings is 1. The van der Waals surface area contributed by atoms with Crippen LogP contribution in [-0.4, -0.2) is 44.9 Å². The van der Waals surface area contributed by atoms with Gasteiger partial charge in [0.1, 0.15) is 0 Å². The Labute approximate surface area is 276 Å². The third-order valence-corrected chi connectivity index (χ3v) is 7.87. The molecule has 48 heavy (non-hydrogen) atoms. The van der Waals surface area contributed by atoms with Gasteiger partial charge in [-0.15, -0.1) is 0 Å². The van der Waals surface area contributed by atoms with E-state index in [9.17, 15) is 0 Å². The van der Waals surface area contributed by atoms with Crippen molar-refractivity contribution in [2.75, 3.05) is 0 Å². The van der Waals surface area contributed by atoms with Gasteiger partial charge in [0, 0.05) is 102 Å². The smallest absolute Gasteiger partial charge is 0.165 e. The predicted molar refractivity (Wildman–Crippen MR) is 185 cm³/mol. The maximum Gasteiger partial charge on any atom is 0.165 e. The number of hydrogen-bond acceptors (Lipinski definition) is 9. The predicted octanol–water partition coefficient (Wildman–Crippen LogP) is 7.91. The second-order valence-electron chi connectivity index (χ2n) is 11.0. The number of pyridine rings is 6. The normalized spacial score (nSPS) is 10.9. The quantitative estimate of drug-likeness (QED) is 0.175. The molecule has 1 aromatic carbocycles. The first-order valence-corrected chi connectivity index (χ1v) is 15.2. The lowest BCUT2D eigenvalue weighted by molar-refractivity contribution is 1.07. The van der Waals surface area contributed by atoms with Gasteiger partial charge in [-0.1, -0.05) is 0 Å². The summed E-state index contributed by atoms with van der Waals surface area (Å²) in [6.07, 6.45) is 21.4. The zero-order valence-electron chi connectivity index (χ0n) is 25.5. The Balaban J connectivity index is 1.33. The highest BCUT2D eigenvalue weighted by Gasteiger charge is 2.16. The molecule has 9 heteroatoms. The van der Waals surface area contributed by atoms with E-state index in [1.807, 2.05) is 73.1 Å². The van der Waals surface area contributed by atoms with Crippen molar-refractivity contribution in [3.05, 3.63) is 153 Å². The Morgan fingerprint density at radius 2 is 0.500 bits per heavy atom. The maximum atomic E-state index is 5.06. The Hall–Kier alpha value is -6.87. The van der Waals surface area contributed by atoms with E-state index in [0.717, 1.165) is 61.2 Å². The summed E-state index contributed by atoms with van der Waals surface area (Å²) >= 11 is 0.